The van der Waals surface area contributed by atoms with Crippen LogP contribution in [0.1, 0.15) is 11.3 Å². The first-order valence-corrected chi connectivity index (χ1v) is 5.04. The number of primary amides is 1. The van der Waals surface area contributed by atoms with E-state index in [0.29, 0.717) is 12.0 Å². The quantitative estimate of drug-likeness (QED) is 0.799. The second-order valence-corrected chi connectivity index (χ2v) is 3.79. The molecule has 0 atom stereocenters. The van der Waals surface area contributed by atoms with E-state index in [1.807, 2.05) is 31.2 Å². The first-order valence-electron chi connectivity index (χ1n) is 5.04. The summed E-state index contributed by atoms with van der Waals surface area (Å²) < 4.78 is 5.65. The Bertz CT molecular complexity index is 566. The first kappa shape index (κ1) is 10.5. The third-order valence-electron chi connectivity index (χ3n) is 2.66. The highest BCUT2D eigenvalue weighted by Crippen LogP contribution is 2.26. The van der Waals surface area contributed by atoms with Crippen molar-refractivity contribution >= 4 is 16.9 Å². The van der Waals surface area contributed by atoms with Crippen LogP contribution in [0.25, 0.3) is 11.0 Å². The molecular weight excluding hydrogens is 202 g/mol. The van der Waals surface area contributed by atoms with Gasteiger partial charge in [0.1, 0.15) is 11.3 Å². The van der Waals surface area contributed by atoms with Crippen molar-refractivity contribution in [2.24, 2.45) is 5.73 Å². The minimum Gasteiger partial charge on any atom is -0.460 e. The maximum absolute atomic E-state index is 10.9. The van der Waals surface area contributed by atoms with Crippen LogP contribution in [0.15, 0.2) is 40.8 Å². The van der Waals surface area contributed by atoms with Gasteiger partial charge in [0.05, 0.1) is 0 Å². The number of fused-ring (bicyclic) bond motifs is 1. The molecule has 0 aliphatic carbocycles. The molecule has 0 radical (unpaired) electrons. The van der Waals surface area contributed by atoms with Crippen molar-refractivity contribution in [3.8, 4) is 0 Å². The van der Waals surface area contributed by atoms with Gasteiger partial charge in [0.25, 0.3) is 0 Å². The number of nitrogens with two attached hydrogens (primary N) is 1. The molecule has 0 saturated heterocycles. The summed E-state index contributed by atoms with van der Waals surface area (Å²) >= 11 is 0. The molecule has 0 aliphatic heterocycles. The van der Waals surface area contributed by atoms with Crippen molar-refractivity contribution < 1.29 is 9.21 Å². The average Bonchev–Trinajstić information content (AvgIpc) is 2.56. The van der Waals surface area contributed by atoms with Crippen LogP contribution in [0.4, 0.5) is 0 Å². The zero-order valence-electron chi connectivity index (χ0n) is 9.12. The molecule has 1 aromatic carbocycles. The predicted octanol–water partition coefficient (Wildman–Crippen LogP) is 2.33. The molecule has 3 nitrogen and oxygen atoms in total. The minimum absolute atomic E-state index is 0.363. The molecule has 82 valence electrons. The molecule has 2 aromatic rings. The van der Waals surface area contributed by atoms with Crippen LogP contribution < -0.4 is 5.73 Å². The number of furan rings is 1. The smallest absolute Gasteiger partial charge is 0.244 e. The van der Waals surface area contributed by atoms with Gasteiger partial charge in [-0.3, -0.25) is 4.79 Å². The monoisotopic (exact) mass is 215 g/mol. The second-order valence-electron chi connectivity index (χ2n) is 3.79. The summed E-state index contributed by atoms with van der Waals surface area (Å²) in [6, 6.07) is 7.76. The van der Waals surface area contributed by atoms with Gasteiger partial charge in [-0.25, -0.2) is 0 Å². The Labute approximate surface area is 93.5 Å². The highest BCUT2D eigenvalue weighted by molar-refractivity contribution is 5.92. The van der Waals surface area contributed by atoms with Crippen molar-refractivity contribution in [2.75, 3.05) is 0 Å². The number of carbonyl (C=O) groups excluding carboxylic acids is 1. The zero-order valence-corrected chi connectivity index (χ0v) is 9.12. The lowest BCUT2D eigenvalue weighted by Crippen LogP contribution is -2.14. The predicted molar refractivity (Wildman–Crippen MR) is 63.0 cm³/mol. The van der Waals surface area contributed by atoms with Crippen molar-refractivity contribution in [3.63, 3.8) is 0 Å². The summed E-state index contributed by atoms with van der Waals surface area (Å²) in [4.78, 5) is 10.9. The normalized spacial score (nSPS) is 10.6. The van der Waals surface area contributed by atoms with Crippen molar-refractivity contribution in [1.82, 2.24) is 0 Å². The molecule has 0 saturated carbocycles. The number of amides is 1. The Balaban J connectivity index is 2.42. The SMILES string of the molecule is C=C(Cc1oc2ccccc2c1C)C(N)=O. The van der Waals surface area contributed by atoms with Gasteiger partial charge in [0.2, 0.25) is 5.91 Å². The van der Waals surface area contributed by atoms with Gasteiger partial charge >= 0.3 is 0 Å². The highest BCUT2D eigenvalue weighted by Gasteiger charge is 2.12. The molecular formula is C13H13NO2. The summed E-state index contributed by atoms with van der Waals surface area (Å²) in [5, 5.41) is 1.06. The summed E-state index contributed by atoms with van der Waals surface area (Å²) in [6.07, 6.45) is 0.371. The van der Waals surface area contributed by atoms with Crippen molar-refractivity contribution in [2.45, 2.75) is 13.3 Å². The number of para-hydroxylation sites is 1. The molecule has 0 unspecified atom stereocenters. The third-order valence-corrected chi connectivity index (χ3v) is 2.66. The molecule has 0 bridgehead atoms. The molecule has 1 heterocycles. The van der Waals surface area contributed by atoms with Crippen LogP contribution in [0.5, 0.6) is 0 Å². The molecule has 1 amide bonds. The number of aryl methyl sites for hydroxylation is 1. The van der Waals surface area contributed by atoms with Crippen molar-refractivity contribution in [3.05, 3.63) is 47.7 Å². The maximum Gasteiger partial charge on any atom is 0.244 e. The van der Waals surface area contributed by atoms with Gasteiger partial charge in [0.15, 0.2) is 0 Å². The summed E-state index contributed by atoms with van der Waals surface area (Å²) in [6.45, 7) is 5.59. The molecule has 2 rings (SSSR count). The highest BCUT2D eigenvalue weighted by atomic mass is 16.3. The number of hydrogen-bond acceptors (Lipinski definition) is 2. The zero-order chi connectivity index (χ0) is 11.7. The van der Waals surface area contributed by atoms with Gasteiger partial charge < -0.3 is 10.2 Å². The van der Waals surface area contributed by atoms with Gasteiger partial charge in [-0.15, -0.1) is 0 Å². The largest absolute Gasteiger partial charge is 0.460 e. The second kappa shape index (κ2) is 3.85. The van der Waals surface area contributed by atoms with Crippen LogP contribution >= 0.6 is 0 Å². The lowest BCUT2D eigenvalue weighted by atomic mass is 10.1. The Kier molecular flexibility index (Phi) is 2.52. The van der Waals surface area contributed by atoms with E-state index in [1.54, 1.807) is 0 Å². The summed E-state index contributed by atoms with van der Waals surface area (Å²) in [7, 11) is 0. The Hall–Kier alpha value is -2.03. The molecule has 1 aromatic heterocycles. The topological polar surface area (TPSA) is 56.2 Å². The van der Waals surface area contributed by atoms with Crippen LogP contribution in [0.2, 0.25) is 0 Å². The van der Waals surface area contributed by atoms with Gasteiger partial charge in [-0.1, -0.05) is 24.8 Å². The van der Waals surface area contributed by atoms with E-state index >= 15 is 0 Å². The van der Waals surface area contributed by atoms with E-state index in [0.717, 1.165) is 22.3 Å². The van der Waals surface area contributed by atoms with E-state index in [1.165, 1.54) is 0 Å². The fourth-order valence-electron chi connectivity index (χ4n) is 1.67. The van der Waals surface area contributed by atoms with Crippen LogP contribution in [-0.4, -0.2) is 5.91 Å². The fourth-order valence-corrected chi connectivity index (χ4v) is 1.67. The van der Waals surface area contributed by atoms with Gasteiger partial charge in [-0.05, 0) is 18.6 Å². The lowest BCUT2D eigenvalue weighted by molar-refractivity contribution is -0.114. The average molecular weight is 215 g/mol. The maximum atomic E-state index is 10.9. The van der Waals surface area contributed by atoms with Gasteiger partial charge in [-0.2, -0.15) is 0 Å². The standard InChI is InChI=1S/C13H13NO2/c1-8(13(14)15)7-12-9(2)10-5-3-4-6-11(10)16-12/h3-6H,1,7H2,2H3,(H2,14,15). The molecule has 16 heavy (non-hydrogen) atoms. The number of benzene rings is 1. The van der Waals surface area contributed by atoms with Crippen LogP contribution in [-0.2, 0) is 11.2 Å². The van der Waals surface area contributed by atoms with E-state index in [-0.39, 0.29) is 0 Å². The fraction of sp³-hybridized carbons (Fsp3) is 0.154. The first-order chi connectivity index (χ1) is 7.59. The molecule has 3 heteroatoms. The lowest BCUT2D eigenvalue weighted by Gasteiger charge is -1.98. The van der Waals surface area contributed by atoms with Crippen LogP contribution in [0.3, 0.4) is 0 Å². The molecule has 0 aliphatic rings. The number of hydrogen-bond donors (Lipinski definition) is 1. The van der Waals surface area contributed by atoms with E-state index in [9.17, 15) is 4.79 Å². The van der Waals surface area contributed by atoms with E-state index < -0.39 is 5.91 Å². The van der Waals surface area contributed by atoms with Crippen LogP contribution in [0, 0.1) is 6.92 Å². The molecule has 0 spiro atoms. The Morgan fingerprint density at radius 3 is 2.75 bits per heavy atom. The summed E-state index contributed by atoms with van der Waals surface area (Å²) in [5.74, 6) is 0.268. The van der Waals surface area contributed by atoms with E-state index in [2.05, 4.69) is 6.58 Å². The minimum atomic E-state index is -0.486. The van der Waals surface area contributed by atoms with E-state index in [4.69, 9.17) is 10.2 Å². The van der Waals surface area contributed by atoms with Gasteiger partial charge in [0, 0.05) is 17.4 Å². The Morgan fingerprint density at radius 2 is 2.12 bits per heavy atom. The molecule has 2 N–H and O–H groups in total. The Morgan fingerprint density at radius 1 is 1.44 bits per heavy atom. The third kappa shape index (κ3) is 1.72. The summed E-state index contributed by atoms with van der Waals surface area (Å²) in [5.41, 5.74) is 7.38. The number of carbonyl (C=O) groups is 1. The number of rotatable bonds is 3. The van der Waals surface area contributed by atoms with Crippen molar-refractivity contribution in [1.29, 1.82) is 0 Å². The molecule has 0 fully saturated rings.